The third kappa shape index (κ3) is 4.45. The zero-order valence-electron chi connectivity index (χ0n) is 13.1. The number of hydrogen-bond donors (Lipinski definition) is 3. The maximum Gasteiger partial charge on any atom is 0.335 e. The van der Waals surface area contributed by atoms with Gasteiger partial charge < -0.3 is 15.7 Å². The molecule has 25 heavy (non-hydrogen) atoms. The van der Waals surface area contributed by atoms with Gasteiger partial charge in [0.15, 0.2) is 0 Å². The molecule has 0 aliphatic rings. The van der Waals surface area contributed by atoms with Crippen molar-refractivity contribution in [1.29, 1.82) is 0 Å². The first-order chi connectivity index (χ1) is 12.1. The zero-order chi connectivity index (χ0) is 17.6. The normalized spacial score (nSPS) is 10.3. The first-order valence-corrected chi connectivity index (χ1v) is 7.89. The molecule has 0 amide bonds. The maximum atomic E-state index is 10.9. The SMILES string of the molecule is O=C(O)c1ccc(Nc2cc(NCc3ccccc3Cl)ncn2)cc1. The quantitative estimate of drug-likeness (QED) is 0.615. The molecule has 0 saturated heterocycles. The van der Waals surface area contributed by atoms with Crippen LogP contribution in [-0.2, 0) is 6.54 Å². The molecule has 0 aliphatic heterocycles. The summed E-state index contributed by atoms with van der Waals surface area (Å²) in [4.78, 5) is 19.2. The van der Waals surface area contributed by atoms with Crippen LogP contribution in [0.2, 0.25) is 5.02 Å². The average molecular weight is 355 g/mol. The molecule has 0 bridgehead atoms. The summed E-state index contributed by atoms with van der Waals surface area (Å²) in [6.45, 7) is 0.545. The Hall–Kier alpha value is -3.12. The average Bonchev–Trinajstić information content (AvgIpc) is 2.62. The van der Waals surface area contributed by atoms with Crippen molar-refractivity contribution in [3.63, 3.8) is 0 Å². The zero-order valence-corrected chi connectivity index (χ0v) is 13.9. The first-order valence-electron chi connectivity index (χ1n) is 7.51. The van der Waals surface area contributed by atoms with Crippen LogP contribution in [0, 0.1) is 0 Å². The highest BCUT2D eigenvalue weighted by atomic mass is 35.5. The van der Waals surface area contributed by atoms with Crippen LogP contribution in [-0.4, -0.2) is 21.0 Å². The van der Waals surface area contributed by atoms with E-state index in [1.54, 1.807) is 18.2 Å². The molecule has 1 aromatic heterocycles. The van der Waals surface area contributed by atoms with Crippen LogP contribution in [0.15, 0.2) is 60.9 Å². The first kappa shape index (κ1) is 16.7. The van der Waals surface area contributed by atoms with Gasteiger partial charge in [0, 0.05) is 23.3 Å². The number of aromatic nitrogens is 2. The highest BCUT2D eigenvalue weighted by molar-refractivity contribution is 6.31. The Morgan fingerprint density at radius 1 is 1.04 bits per heavy atom. The lowest BCUT2D eigenvalue weighted by Crippen LogP contribution is -2.03. The van der Waals surface area contributed by atoms with Gasteiger partial charge in [0.2, 0.25) is 0 Å². The molecule has 3 N–H and O–H groups in total. The van der Waals surface area contributed by atoms with Crippen LogP contribution in [0.25, 0.3) is 0 Å². The number of aromatic carboxylic acids is 1. The van der Waals surface area contributed by atoms with E-state index in [2.05, 4.69) is 20.6 Å². The summed E-state index contributed by atoms with van der Waals surface area (Å²) in [7, 11) is 0. The van der Waals surface area contributed by atoms with E-state index in [4.69, 9.17) is 16.7 Å². The van der Waals surface area contributed by atoms with Crippen LogP contribution < -0.4 is 10.6 Å². The van der Waals surface area contributed by atoms with E-state index in [-0.39, 0.29) is 5.56 Å². The molecule has 7 heteroatoms. The molecule has 0 unspecified atom stereocenters. The Kier molecular flexibility index (Phi) is 5.11. The number of nitrogens with zero attached hydrogens (tertiary/aromatic N) is 2. The van der Waals surface area contributed by atoms with Gasteiger partial charge in [-0.2, -0.15) is 0 Å². The van der Waals surface area contributed by atoms with Crippen molar-refractivity contribution in [1.82, 2.24) is 9.97 Å². The lowest BCUT2D eigenvalue weighted by atomic mass is 10.2. The Morgan fingerprint density at radius 3 is 2.48 bits per heavy atom. The van der Waals surface area contributed by atoms with Crippen molar-refractivity contribution in [2.75, 3.05) is 10.6 Å². The molecule has 0 atom stereocenters. The second-order valence-electron chi connectivity index (χ2n) is 5.24. The maximum absolute atomic E-state index is 10.9. The number of carbonyl (C=O) groups is 1. The van der Waals surface area contributed by atoms with Crippen molar-refractivity contribution >= 4 is 34.9 Å². The van der Waals surface area contributed by atoms with Gasteiger partial charge in [-0.1, -0.05) is 29.8 Å². The van der Waals surface area contributed by atoms with Gasteiger partial charge in [0.1, 0.15) is 18.0 Å². The van der Waals surface area contributed by atoms with Gasteiger partial charge in [-0.05, 0) is 35.9 Å². The van der Waals surface area contributed by atoms with Crippen molar-refractivity contribution < 1.29 is 9.90 Å². The fourth-order valence-electron chi connectivity index (χ4n) is 2.19. The summed E-state index contributed by atoms with van der Waals surface area (Å²) in [5.41, 5.74) is 1.94. The summed E-state index contributed by atoms with van der Waals surface area (Å²) >= 11 is 6.14. The molecule has 0 aliphatic carbocycles. The monoisotopic (exact) mass is 354 g/mol. The second-order valence-corrected chi connectivity index (χ2v) is 5.65. The van der Waals surface area contributed by atoms with Crippen LogP contribution in [0.5, 0.6) is 0 Å². The molecule has 0 radical (unpaired) electrons. The van der Waals surface area contributed by atoms with Gasteiger partial charge in [0.25, 0.3) is 0 Å². The van der Waals surface area contributed by atoms with E-state index in [0.717, 1.165) is 11.3 Å². The molecule has 0 spiro atoms. The van der Waals surface area contributed by atoms with Crippen molar-refractivity contribution in [3.8, 4) is 0 Å². The number of nitrogens with one attached hydrogen (secondary N) is 2. The van der Waals surface area contributed by atoms with Crippen molar-refractivity contribution in [2.45, 2.75) is 6.54 Å². The topological polar surface area (TPSA) is 87.1 Å². The molecule has 0 saturated carbocycles. The van der Waals surface area contributed by atoms with Crippen molar-refractivity contribution in [2.24, 2.45) is 0 Å². The van der Waals surface area contributed by atoms with E-state index >= 15 is 0 Å². The number of halogens is 1. The minimum absolute atomic E-state index is 0.232. The number of rotatable bonds is 6. The predicted molar refractivity (Wildman–Crippen MR) is 97.5 cm³/mol. The lowest BCUT2D eigenvalue weighted by Gasteiger charge is -2.09. The third-order valence-electron chi connectivity index (χ3n) is 3.49. The van der Waals surface area contributed by atoms with E-state index in [1.165, 1.54) is 18.5 Å². The van der Waals surface area contributed by atoms with Gasteiger partial charge >= 0.3 is 5.97 Å². The molecule has 3 rings (SSSR count). The molecule has 6 nitrogen and oxygen atoms in total. The van der Waals surface area contributed by atoms with Crippen LogP contribution >= 0.6 is 11.6 Å². The van der Waals surface area contributed by atoms with Crippen LogP contribution in [0.3, 0.4) is 0 Å². The third-order valence-corrected chi connectivity index (χ3v) is 3.86. The minimum atomic E-state index is -0.959. The van der Waals surface area contributed by atoms with E-state index in [0.29, 0.717) is 23.2 Å². The fraction of sp³-hybridized carbons (Fsp3) is 0.0556. The van der Waals surface area contributed by atoms with Gasteiger partial charge in [-0.25, -0.2) is 14.8 Å². The molecule has 1 heterocycles. The van der Waals surface area contributed by atoms with Crippen LogP contribution in [0.4, 0.5) is 17.3 Å². The van der Waals surface area contributed by atoms with Gasteiger partial charge in [0.05, 0.1) is 5.56 Å². The van der Waals surface area contributed by atoms with Crippen molar-refractivity contribution in [3.05, 3.63) is 77.1 Å². The smallest absolute Gasteiger partial charge is 0.335 e. The number of hydrogen-bond acceptors (Lipinski definition) is 5. The molecule has 2 aromatic carbocycles. The summed E-state index contributed by atoms with van der Waals surface area (Å²) < 4.78 is 0. The molecule has 0 fully saturated rings. The number of carboxylic acids is 1. The van der Waals surface area contributed by atoms with Gasteiger partial charge in [-0.3, -0.25) is 0 Å². The van der Waals surface area contributed by atoms with Crippen LogP contribution in [0.1, 0.15) is 15.9 Å². The van der Waals surface area contributed by atoms with E-state index < -0.39 is 5.97 Å². The van der Waals surface area contributed by atoms with Gasteiger partial charge in [-0.15, -0.1) is 0 Å². The summed E-state index contributed by atoms with van der Waals surface area (Å²) in [5.74, 6) is 0.291. The van der Waals surface area contributed by atoms with E-state index in [1.807, 2.05) is 24.3 Å². The molecular formula is C18H15ClN4O2. The fourth-order valence-corrected chi connectivity index (χ4v) is 2.40. The largest absolute Gasteiger partial charge is 0.478 e. The standard InChI is InChI=1S/C18H15ClN4O2/c19-15-4-2-1-3-13(15)10-20-16-9-17(22-11-21-16)23-14-7-5-12(6-8-14)18(24)25/h1-9,11H,10H2,(H,24,25)(H2,20,21,22,23). The molecular weight excluding hydrogens is 340 g/mol. The minimum Gasteiger partial charge on any atom is -0.478 e. The number of benzene rings is 2. The number of anilines is 3. The summed E-state index contributed by atoms with van der Waals surface area (Å²) in [5, 5.41) is 15.9. The highest BCUT2D eigenvalue weighted by Crippen LogP contribution is 2.19. The molecule has 126 valence electrons. The lowest BCUT2D eigenvalue weighted by molar-refractivity contribution is 0.0697. The Labute approximate surface area is 149 Å². The molecule has 3 aromatic rings. The second kappa shape index (κ2) is 7.63. The Morgan fingerprint density at radius 2 is 1.76 bits per heavy atom. The summed E-state index contributed by atoms with van der Waals surface area (Å²) in [6, 6.07) is 15.8. The Balaban J connectivity index is 1.67. The highest BCUT2D eigenvalue weighted by Gasteiger charge is 2.04. The number of carboxylic acid groups (broad SMARTS) is 1. The summed E-state index contributed by atoms with van der Waals surface area (Å²) in [6.07, 6.45) is 1.45. The predicted octanol–water partition coefficient (Wildman–Crippen LogP) is 4.18. The van der Waals surface area contributed by atoms with E-state index in [9.17, 15) is 4.79 Å². The Bertz CT molecular complexity index is 884.